The van der Waals surface area contributed by atoms with Gasteiger partial charge in [-0.2, -0.15) is 0 Å². The molecule has 122 valence electrons. The summed E-state index contributed by atoms with van der Waals surface area (Å²) in [6, 6.07) is -2.09. The number of aliphatic hydroxyl groups is 1. The number of aliphatic hydroxyl groups excluding tert-OH is 1. The molecular weight excluding hydrogens is 281 g/mol. The number of carboxylic acid groups (broad SMARTS) is 2. The Kier molecular flexibility index (Phi) is 12.5. The fraction of sp³-hybridized carbons (Fsp3) is 0.733. The summed E-state index contributed by atoms with van der Waals surface area (Å²) in [6.45, 7) is 4.62. The Hall–Kier alpha value is -0.803. The fourth-order valence-corrected chi connectivity index (χ4v) is 2.37. The first kappa shape index (κ1) is 23.5. The van der Waals surface area contributed by atoms with Gasteiger partial charge in [-0.3, -0.25) is 4.48 Å². The van der Waals surface area contributed by atoms with Crippen molar-refractivity contribution in [3.63, 3.8) is 0 Å². The number of hydrogen-bond acceptors (Lipinski definition) is 4. The molecule has 6 nitrogen and oxygen atoms in total. The topological polar surface area (TPSA) is 97.7 Å². The number of aliphatic carboxylic acids is 2. The summed E-state index contributed by atoms with van der Waals surface area (Å²) >= 11 is 0. The summed E-state index contributed by atoms with van der Waals surface area (Å²) in [5.74, 6) is -2.47. The van der Waals surface area contributed by atoms with Crippen LogP contribution in [0.2, 0.25) is 0 Å². The Morgan fingerprint density at radius 2 is 1.73 bits per heavy atom. The summed E-state index contributed by atoms with van der Waals surface area (Å²) in [5.41, 5.74) is 0. The van der Waals surface area contributed by atoms with Gasteiger partial charge in [-0.1, -0.05) is 25.5 Å². The van der Waals surface area contributed by atoms with Crippen LogP contribution in [0.15, 0.2) is 12.2 Å². The number of rotatable bonds is 11. The molecule has 0 amide bonds. The van der Waals surface area contributed by atoms with E-state index in [1.165, 1.54) is 13.8 Å². The van der Waals surface area contributed by atoms with Crippen molar-refractivity contribution < 1.29 is 48.3 Å². The van der Waals surface area contributed by atoms with E-state index in [0.29, 0.717) is 6.42 Å². The minimum atomic E-state index is -1.35. The van der Waals surface area contributed by atoms with Crippen molar-refractivity contribution in [2.45, 2.75) is 58.5 Å². The van der Waals surface area contributed by atoms with Crippen LogP contribution in [0.5, 0.6) is 0 Å². The molecule has 0 heterocycles. The van der Waals surface area contributed by atoms with Crippen molar-refractivity contribution in [3.8, 4) is 0 Å². The number of allylic oxidation sites excluding steroid dienone is 2. The molecule has 0 spiro atoms. The third kappa shape index (κ3) is 6.53. The quantitative estimate of drug-likeness (QED) is 0.145. The Morgan fingerprint density at radius 3 is 2.14 bits per heavy atom. The number of unbranched alkanes of at least 4 members (excludes halogenated alkanes) is 2. The van der Waals surface area contributed by atoms with Crippen molar-refractivity contribution in [3.05, 3.63) is 12.2 Å². The minimum absolute atomic E-state index is 0. The number of quaternary nitrogens is 1. The molecule has 2 N–H and O–H groups in total. The third-order valence-electron chi connectivity index (χ3n) is 4.07. The van der Waals surface area contributed by atoms with Crippen LogP contribution in [0.25, 0.3) is 0 Å². The van der Waals surface area contributed by atoms with Gasteiger partial charge in [0.15, 0.2) is 12.8 Å². The first-order valence-corrected chi connectivity index (χ1v) is 7.39. The smallest absolute Gasteiger partial charge is 0.544 e. The molecule has 22 heavy (non-hydrogen) atoms. The minimum Gasteiger partial charge on any atom is -0.544 e. The molecule has 0 rings (SSSR count). The Labute approximate surface area is 144 Å². The zero-order chi connectivity index (χ0) is 16.5. The second-order valence-electron chi connectivity index (χ2n) is 5.38. The van der Waals surface area contributed by atoms with Crippen LogP contribution in [-0.4, -0.2) is 52.0 Å². The molecular formula is C15H27LiNO5+. The molecule has 0 aliphatic rings. The summed E-state index contributed by atoms with van der Waals surface area (Å²) in [5, 5.41) is 30.0. The van der Waals surface area contributed by atoms with Gasteiger partial charge in [0, 0.05) is 6.42 Å². The maximum Gasteiger partial charge on any atom is 1.00 e. The van der Waals surface area contributed by atoms with Gasteiger partial charge in [-0.05, 0) is 26.7 Å². The second-order valence-corrected chi connectivity index (χ2v) is 5.38. The van der Waals surface area contributed by atoms with Crippen LogP contribution >= 0.6 is 0 Å². The molecule has 3 unspecified atom stereocenters. The number of hydrogen-bond donors (Lipinski definition) is 2. The number of carboxylic acids is 2. The second kappa shape index (κ2) is 11.7. The van der Waals surface area contributed by atoms with E-state index >= 15 is 0 Å². The van der Waals surface area contributed by atoms with Crippen molar-refractivity contribution in [1.29, 1.82) is 0 Å². The summed E-state index contributed by atoms with van der Waals surface area (Å²) < 4.78 is -0.417. The van der Waals surface area contributed by atoms with Crippen LogP contribution in [0.3, 0.4) is 0 Å². The zero-order valence-corrected chi connectivity index (χ0v) is 14.1. The number of nitrogens with zero attached hydrogens (tertiary/aromatic N) is 1. The van der Waals surface area contributed by atoms with Crippen LogP contribution in [0.4, 0.5) is 0 Å². The Morgan fingerprint density at radius 1 is 1.18 bits per heavy atom. The first-order chi connectivity index (χ1) is 9.83. The van der Waals surface area contributed by atoms with Crippen molar-refractivity contribution in [1.82, 2.24) is 0 Å². The molecule has 3 atom stereocenters. The van der Waals surface area contributed by atoms with Gasteiger partial charge in [0.05, 0.1) is 12.5 Å². The van der Waals surface area contributed by atoms with Gasteiger partial charge < -0.3 is 20.1 Å². The molecule has 0 fully saturated rings. The van der Waals surface area contributed by atoms with Crippen LogP contribution in [0.1, 0.15) is 46.5 Å². The van der Waals surface area contributed by atoms with Crippen LogP contribution in [-0.2, 0) is 9.59 Å². The van der Waals surface area contributed by atoms with Gasteiger partial charge in [0.25, 0.3) is 0 Å². The largest absolute Gasteiger partial charge is 1.00 e. The molecule has 0 aliphatic heterocycles. The summed E-state index contributed by atoms with van der Waals surface area (Å²) in [6.07, 6.45) is 7.44. The van der Waals surface area contributed by atoms with Crippen molar-refractivity contribution >= 4 is 11.9 Å². The van der Waals surface area contributed by atoms with E-state index in [0.717, 1.165) is 19.3 Å². The third-order valence-corrected chi connectivity index (χ3v) is 4.07. The van der Waals surface area contributed by atoms with Gasteiger partial charge in [0.2, 0.25) is 0 Å². The predicted octanol–water partition coefficient (Wildman–Crippen LogP) is -2.49. The normalized spacial score (nSPS) is 16.5. The monoisotopic (exact) mass is 308 g/mol. The van der Waals surface area contributed by atoms with Crippen LogP contribution < -0.4 is 24.0 Å². The van der Waals surface area contributed by atoms with E-state index in [9.17, 15) is 24.9 Å². The molecule has 0 aromatic carbocycles. The maximum absolute atomic E-state index is 11.3. The van der Waals surface area contributed by atoms with E-state index in [1.54, 1.807) is 0 Å². The standard InChI is InChI=1S/C15H27NO5.Li/c1-4-5-6-7-8-9-10-16(11-17,12(2)14(18)19)13(3)15(20)21;/h6-7,12-13,17H,4-5,8-11H2,1-3H3,(H-,18,19,20,21);/q;+1/b7-6+;. The molecule has 0 saturated carbocycles. The van der Waals surface area contributed by atoms with E-state index in [2.05, 4.69) is 13.0 Å². The molecule has 0 bridgehead atoms. The van der Waals surface area contributed by atoms with E-state index in [4.69, 9.17) is 0 Å². The van der Waals surface area contributed by atoms with Gasteiger partial charge >= 0.3 is 24.8 Å². The Balaban J connectivity index is 0. The molecule has 0 aromatic heterocycles. The van der Waals surface area contributed by atoms with Crippen molar-refractivity contribution in [2.24, 2.45) is 0 Å². The van der Waals surface area contributed by atoms with Gasteiger partial charge in [-0.25, -0.2) is 4.79 Å². The number of carbonyl (C=O) groups is 2. The van der Waals surface area contributed by atoms with E-state index in [1.807, 2.05) is 6.08 Å². The van der Waals surface area contributed by atoms with E-state index in [-0.39, 0.29) is 25.4 Å². The average Bonchev–Trinajstić information content (AvgIpc) is 2.45. The molecule has 7 heteroatoms. The summed E-state index contributed by atoms with van der Waals surface area (Å²) in [7, 11) is 0. The van der Waals surface area contributed by atoms with Gasteiger partial charge in [-0.15, -0.1) is 0 Å². The summed E-state index contributed by atoms with van der Waals surface area (Å²) in [4.78, 5) is 22.4. The van der Waals surface area contributed by atoms with Crippen LogP contribution in [0, 0.1) is 0 Å². The van der Waals surface area contributed by atoms with Crippen molar-refractivity contribution in [2.75, 3.05) is 13.3 Å². The Bertz CT molecular complexity index is 353. The molecule has 0 aliphatic carbocycles. The number of carbonyl (C=O) groups excluding carboxylic acids is 1. The van der Waals surface area contributed by atoms with E-state index < -0.39 is 35.2 Å². The predicted molar refractivity (Wildman–Crippen MR) is 77.1 cm³/mol. The average molecular weight is 308 g/mol. The van der Waals surface area contributed by atoms with Gasteiger partial charge in [0.1, 0.15) is 6.04 Å². The SMILES string of the molecule is CCC/C=C/CCC[N+](CO)(C(C)C(=O)[O-])C(C)C(=O)O.[Li+]. The molecule has 0 aromatic rings. The fourth-order valence-electron chi connectivity index (χ4n) is 2.37. The zero-order valence-electron chi connectivity index (χ0n) is 14.1. The molecule has 0 radical (unpaired) electrons. The molecule has 0 saturated heterocycles. The maximum atomic E-state index is 11.3. The first-order valence-electron chi connectivity index (χ1n) is 7.39.